The molecular formula is C11H16F3N3O2S. The van der Waals surface area contributed by atoms with Crippen LogP contribution in [0.2, 0.25) is 0 Å². The van der Waals surface area contributed by atoms with Crippen LogP contribution in [0.25, 0.3) is 0 Å². The highest BCUT2D eigenvalue weighted by Crippen LogP contribution is 2.42. The van der Waals surface area contributed by atoms with Gasteiger partial charge in [0.2, 0.25) is 10.0 Å². The zero-order valence-electron chi connectivity index (χ0n) is 10.9. The lowest BCUT2D eigenvalue weighted by molar-refractivity contribution is -0.141. The molecule has 114 valence electrons. The summed E-state index contributed by atoms with van der Waals surface area (Å²) >= 11 is 0. The summed E-state index contributed by atoms with van der Waals surface area (Å²) in [5.41, 5.74) is -0.285. The van der Waals surface area contributed by atoms with Crippen LogP contribution in [0.1, 0.15) is 36.6 Å². The number of nitrogens with one attached hydrogen (secondary N) is 1. The van der Waals surface area contributed by atoms with E-state index in [0.29, 0.717) is 12.1 Å². The molecule has 0 radical (unpaired) electrons. The van der Waals surface area contributed by atoms with Gasteiger partial charge in [-0.3, -0.25) is 4.68 Å². The second-order valence-corrected chi connectivity index (χ2v) is 6.80. The van der Waals surface area contributed by atoms with Gasteiger partial charge in [-0.1, -0.05) is 0 Å². The van der Waals surface area contributed by atoms with Crippen molar-refractivity contribution in [3.63, 3.8) is 0 Å². The van der Waals surface area contributed by atoms with E-state index in [1.54, 1.807) is 0 Å². The van der Waals surface area contributed by atoms with Crippen molar-refractivity contribution in [1.82, 2.24) is 14.5 Å². The van der Waals surface area contributed by atoms with Gasteiger partial charge in [0.15, 0.2) is 5.69 Å². The van der Waals surface area contributed by atoms with Crippen LogP contribution in [0.5, 0.6) is 0 Å². The molecule has 1 aromatic rings. The first-order valence-corrected chi connectivity index (χ1v) is 8.15. The summed E-state index contributed by atoms with van der Waals surface area (Å²) in [6.07, 6.45) is -1.25. The lowest BCUT2D eigenvalue weighted by Crippen LogP contribution is -2.24. The van der Waals surface area contributed by atoms with Crippen LogP contribution in [0.15, 0.2) is 6.07 Å². The lowest BCUT2D eigenvalue weighted by Gasteiger charge is -2.07. The molecule has 9 heteroatoms. The number of nitrogens with zero attached hydrogens (tertiary/aromatic N) is 2. The van der Waals surface area contributed by atoms with Crippen LogP contribution < -0.4 is 4.72 Å². The summed E-state index contributed by atoms with van der Waals surface area (Å²) in [6.45, 7) is 0.453. The van der Waals surface area contributed by atoms with Crippen molar-refractivity contribution in [2.75, 3.05) is 12.8 Å². The molecule has 0 aliphatic heterocycles. The lowest BCUT2D eigenvalue weighted by atomic mass is 10.2. The largest absolute Gasteiger partial charge is 0.435 e. The van der Waals surface area contributed by atoms with Crippen LogP contribution in [0, 0.1) is 0 Å². The van der Waals surface area contributed by atoms with Crippen LogP contribution >= 0.6 is 0 Å². The SMILES string of the molecule is CS(=O)(=O)NCCCn1nc(C(F)(F)F)cc1C1CC1. The third-order valence-corrected chi connectivity index (χ3v) is 3.74. The van der Waals surface area contributed by atoms with Gasteiger partial charge >= 0.3 is 6.18 Å². The fourth-order valence-electron chi connectivity index (χ4n) is 1.94. The predicted octanol–water partition coefficient (Wildman–Crippen LogP) is 1.72. The van der Waals surface area contributed by atoms with Gasteiger partial charge < -0.3 is 0 Å². The molecule has 0 amide bonds. The Balaban J connectivity index is 2.01. The van der Waals surface area contributed by atoms with Gasteiger partial charge in [-0.05, 0) is 25.3 Å². The van der Waals surface area contributed by atoms with Gasteiger partial charge in [-0.2, -0.15) is 18.3 Å². The first kappa shape index (κ1) is 15.3. The molecular weight excluding hydrogens is 295 g/mol. The van der Waals surface area contributed by atoms with E-state index in [4.69, 9.17) is 0 Å². The topological polar surface area (TPSA) is 64.0 Å². The minimum absolute atomic E-state index is 0.154. The number of aromatic nitrogens is 2. The summed E-state index contributed by atoms with van der Waals surface area (Å²) in [4.78, 5) is 0. The highest BCUT2D eigenvalue weighted by molar-refractivity contribution is 7.88. The van der Waals surface area contributed by atoms with Crippen LogP contribution in [0.3, 0.4) is 0 Å². The molecule has 1 heterocycles. The number of hydrogen-bond acceptors (Lipinski definition) is 3. The van der Waals surface area contributed by atoms with Gasteiger partial charge in [0.1, 0.15) is 0 Å². The van der Waals surface area contributed by atoms with E-state index < -0.39 is 21.9 Å². The normalized spacial score (nSPS) is 16.6. The van der Waals surface area contributed by atoms with Crippen molar-refractivity contribution >= 4 is 10.0 Å². The average Bonchev–Trinajstić information content (AvgIpc) is 3.02. The number of sulfonamides is 1. The average molecular weight is 311 g/mol. The monoisotopic (exact) mass is 311 g/mol. The third kappa shape index (κ3) is 4.20. The van der Waals surface area contributed by atoms with Crippen LogP contribution in [-0.2, 0) is 22.7 Å². The van der Waals surface area contributed by atoms with E-state index in [-0.39, 0.29) is 19.0 Å². The first-order valence-electron chi connectivity index (χ1n) is 6.26. The van der Waals surface area contributed by atoms with Crippen molar-refractivity contribution in [1.29, 1.82) is 0 Å². The van der Waals surface area contributed by atoms with Gasteiger partial charge in [0.05, 0.1) is 6.26 Å². The van der Waals surface area contributed by atoms with Crippen molar-refractivity contribution in [3.05, 3.63) is 17.5 Å². The number of aryl methyl sites for hydroxylation is 1. The second kappa shape index (κ2) is 5.36. The van der Waals surface area contributed by atoms with E-state index in [0.717, 1.165) is 25.2 Å². The minimum Gasteiger partial charge on any atom is -0.269 e. The quantitative estimate of drug-likeness (QED) is 0.814. The van der Waals surface area contributed by atoms with Crippen LogP contribution in [-0.4, -0.2) is 31.0 Å². The molecule has 0 atom stereocenters. The Morgan fingerprint density at radius 3 is 2.60 bits per heavy atom. The molecule has 1 aliphatic rings. The van der Waals surface area contributed by atoms with E-state index >= 15 is 0 Å². The zero-order chi connectivity index (χ0) is 15.0. The van der Waals surface area contributed by atoms with Gasteiger partial charge in [0.25, 0.3) is 0 Å². The van der Waals surface area contributed by atoms with Crippen molar-refractivity contribution in [2.45, 2.75) is 37.9 Å². The Kier molecular flexibility index (Phi) is 4.10. The van der Waals surface area contributed by atoms with E-state index in [1.807, 2.05) is 0 Å². The molecule has 20 heavy (non-hydrogen) atoms. The molecule has 0 saturated heterocycles. The van der Waals surface area contributed by atoms with Crippen LogP contribution in [0.4, 0.5) is 13.2 Å². The molecule has 2 rings (SSSR count). The molecule has 1 aliphatic carbocycles. The molecule has 5 nitrogen and oxygen atoms in total. The molecule has 0 bridgehead atoms. The van der Waals surface area contributed by atoms with Crippen molar-refractivity contribution in [2.24, 2.45) is 0 Å². The third-order valence-electron chi connectivity index (χ3n) is 3.01. The standard InChI is InChI=1S/C11H16F3N3O2S/c1-20(18,19)15-5-2-6-17-9(8-3-4-8)7-10(16-17)11(12,13)14/h7-8,15H,2-6H2,1H3. The fraction of sp³-hybridized carbons (Fsp3) is 0.727. The summed E-state index contributed by atoms with van der Waals surface area (Å²) < 4.78 is 63.3. The highest BCUT2D eigenvalue weighted by Gasteiger charge is 2.37. The van der Waals surface area contributed by atoms with E-state index in [9.17, 15) is 21.6 Å². The summed E-state index contributed by atoms with van der Waals surface area (Å²) in [6, 6.07) is 1.10. The zero-order valence-corrected chi connectivity index (χ0v) is 11.8. The number of rotatable bonds is 6. The van der Waals surface area contributed by atoms with E-state index in [1.165, 1.54) is 4.68 Å². The maximum atomic E-state index is 12.6. The highest BCUT2D eigenvalue weighted by atomic mass is 32.2. The Labute approximate surface area is 115 Å². The molecule has 0 aromatic carbocycles. The van der Waals surface area contributed by atoms with Gasteiger partial charge in [-0.15, -0.1) is 0 Å². The molecule has 1 saturated carbocycles. The first-order chi connectivity index (χ1) is 9.17. The number of alkyl halides is 3. The molecule has 1 N–H and O–H groups in total. The second-order valence-electron chi connectivity index (χ2n) is 4.97. The Morgan fingerprint density at radius 2 is 2.10 bits per heavy atom. The van der Waals surface area contributed by atoms with Gasteiger partial charge in [0, 0.05) is 24.7 Å². The number of hydrogen-bond donors (Lipinski definition) is 1. The minimum atomic E-state index is -4.44. The number of halogens is 3. The Bertz CT molecular complexity index is 576. The fourth-order valence-corrected chi connectivity index (χ4v) is 2.46. The summed E-state index contributed by atoms with van der Waals surface area (Å²) in [7, 11) is -3.27. The van der Waals surface area contributed by atoms with Gasteiger partial charge in [-0.25, -0.2) is 13.1 Å². The smallest absolute Gasteiger partial charge is 0.269 e. The Hall–Kier alpha value is -1.09. The molecule has 1 aromatic heterocycles. The maximum Gasteiger partial charge on any atom is 0.435 e. The Morgan fingerprint density at radius 1 is 1.45 bits per heavy atom. The predicted molar refractivity (Wildman–Crippen MR) is 66.7 cm³/mol. The molecule has 0 unspecified atom stereocenters. The maximum absolute atomic E-state index is 12.6. The van der Waals surface area contributed by atoms with Crippen molar-refractivity contribution in [3.8, 4) is 0 Å². The molecule has 0 spiro atoms. The molecule has 1 fully saturated rings. The van der Waals surface area contributed by atoms with Crippen molar-refractivity contribution < 1.29 is 21.6 Å². The summed E-state index contributed by atoms with van der Waals surface area (Å²) in [5.74, 6) is 0.154. The summed E-state index contributed by atoms with van der Waals surface area (Å²) in [5, 5.41) is 3.59. The van der Waals surface area contributed by atoms with E-state index in [2.05, 4.69) is 9.82 Å².